The number of carbonyl (C=O) groups is 1. The minimum Gasteiger partial charge on any atom is -0.389 e. The SMILES string of the molecule is C=CC(=O)N1CCN(c2cc(-c3noc(C4(C)CCCc5sc(N)c(C#N)c54)n3)nc(N3C[C@@H]4C[C@H]3CN4C3CCCC3)c2)CC1. The van der Waals surface area contributed by atoms with Crippen molar-refractivity contribution in [1.29, 1.82) is 5.26 Å². The second-order valence-electron chi connectivity index (χ2n) is 13.8. The Morgan fingerprint density at radius 2 is 1.93 bits per heavy atom. The summed E-state index contributed by atoms with van der Waals surface area (Å²) in [5.41, 5.74) is 8.88. The highest BCUT2D eigenvalue weighted by Gasteiger charge is 2.47. The van der Waals surface area contributed by atoms with E-state index in [-0.39, 0.29) is 5.91 Å². The topological polar surface area (TPSA) is 132 Å². The number of rotatable bonds is 6. The van der Waals surface area contributed by atoms with Crippen LogP contribution in [0.3, 0.4) is 0 Å². The zero-order chi connectivity index (χ0) is 31.6. The Morgan fingerprint density at radius 3 is 2.65 bits per heavy atom. The van der Waals surface area contributed by atoms with Crippen LogP contribution in [0, 0.1) is 11.3 Å². The van der Waals surface area contributed by atoms with Crippen molar-refractivity contribution in [3.63, 3.8) is 0 Å². The zero-order valence-electron chi connectivity index (χ0n) is 26.5. The molecule has 6 heterocycles. The number of hydrogen-bond donors (Lipinski definition) is 1. The van der Waals surface area contributed by atoms with E-state index in [1.807, 2.05) is 4.90 Å². The molecule has 240 valence electrons. The van der Waals surface area contributed by atoms with Gasteiger partial charge in [-0.05, 0) is 57.6 Å². The average molecular weight is 640 g/mol. The number of anilines is 3. The van der Waals surface area contributed by atoms with Gasteiger partial charge in [-0.25, -0.2) is 4.98 Å². The molecule has 3 aromatic heterocycles. The predicted molar refractivity (Wildman–Crippen MR) is 178 cm³/mol. The van der Waals surface area contributed by atoms with Gasteiger partial charge in [0.1, 0.15) is 22.6 Å². The van der Waals surface area contributed by atoms with Crippen molar-refractivity contribution in [1.82, 2.24) is 24.9 Å². The van der Waals surface area contributed by atoms with Crippen LogP contribution in [-0.2, 0) is 16.6 Å². The second-order valence-corrected chi connectivity index (χ2v) is 14.9. The van der Waals surface area contributed by atoms with Crippen molar-refractivity contribution in [2.45, 2.75) is 81.8 Å². The summed E-state index contributed by atoms with van der Waals surface area (Å²) in [6.07, 6.45) is 10.6. The molecule has 8 rings (SSSR count). The zero-order valence-corrected chi connectivity index (χ0v) is 27.3. The first kappa shape index (κ1) is 29.5. The van der Waals surface area contributed by atoms with Crippen molar-refractivity contribution in [2.24, 2.45) is 0 Å². The summed E-state index contributed by atoms with van der Waals surface area (Å²) in [6, 6.07) is 8.35. The third-order valence-electron chi connectivity index (χ3n) is 11.2. The molecule has 0 aromatic carbocycles. The van der Waals surface area contributed by atoms with Gasteiger partial charge in [0.15, 0.2) is 0 Å². The van der Waals surface area contributed by atoms with E-state index in [2.05, 4.69) is 51.6 Å². The molecule has 0 radical (unpaired) electrons. The Labute approximate surface area is 273 Å². The fraction of sp³-hybridized carbons (Fsp3) is 0.559. The number of aryl methyl sites for hydroxylation is 1. The molecule has 46 heavy (non-hydrogen) atoms. The van der Waals surface area contributed by atoms with E-state index < -0.39 is 5.41 Å². The number of likely N-dealkylation sites (tertiary alicyclic amines) is 1. The van der Waals surface area contributed by atoms with Crippen LogP contribution in [-0.4, -0.2) is 88.2 Å². The molecule has 3 atom stereocenters. The van der Waals surface area contributed by atoms with Crippen LogP contribution in [0.25, 0.3) is 11.5 Å². The number of nitrogens with two attached hydrogens (primary N) is 1. The number of piperazine rings is 2. The van der Waals surface area contributed by atoms with E-state index in [0.717, 1.165) is 73.4 Å². The van der Waals surface area contributed by atoms with Gasteiger partial charge in [-0.1, -0.05) is 24.6 Å². The third-order valence-corrected chi connectivity index (χ3v) is 12.3. The van der Waals surface area contributed by atoms with E-state index in [0.29, 0.717) is 53.1 Å². The van der Waals surface area contributed by atoms with E-state index in [1.165, 1.54) is 49.5 Å². The fourth-order valence-electron chi connectivity index (χ4n) is 8.78. The summed E-state index contributed by atoms with van der Waals surface area (Å²) in [7, 11) is 0. The number of thiophene rings is 1. The van der Waals surface area contributed by atoms with E-state index >= 15 is 0 Å². The number of carbonyl (C=O) groups excluding carboxylic acids is 1. The number of nitriles is 1. The monoisotopic (exact) mass is 639 g/mol. The van der Waals surface area contributed by atoms with Crippen molar-refractivity contribution in [2.75, 3.05) is 54.8 Å². The van der Waals surface area contributed by atoms with E-state index in [4.69, 9.17) is 20.2 Å². The van der Waals surface area contributed by atoms with Crippen LogP contribution < -0.4 is 15.5 Å². The van der Waals surface area contributed by atoms with Crippen molar-refractivity contribution >= 4 is 33.8 Å². The third kappa shape index (κ3) is 4.78. The minimum atomic E-state index is -0.593. The Balaban J connectivity index is 1.13. The minimum absolute atomic E-state index is 0.0266. The molecule has 0 spiro atoms. The summed E-state index contributed by atoms with van der Waals surface area (Å²) in [5.74, 6) is 1.87. The normalized spacial score (nSPS) is 26.5. The predicted octanol–water partition coefficient (Wildman–Crippen LogP) is 4.33. The molecule has 12 heteroatoms. The van der Waals surface area contributed by atoms with Gasteiger partial charge in [0, 0.05) is 79.6 Å². The molecule has 2 aliphatic carbocycles. The molecule has 3 aromatic rings. The first-order chi connectivity index (χ1) is 22.4. The van der Waals surface area contributed by atoms with Gasteiger partial charge in [-0.3, -0.25) is 9.69 Å². The summed E-state index contributed by atoms with van der Waals surface area (Å²) >= 11 is 1.50. The lowest BCUT2D eigenvalue weighted by Gasteiger charge is -2.39. The highest BCUT2D eigenvalue weighted by atomic mass is 32.1. The first-order valence-electron chi connectivity index (χ1n) is 16.7. The average Bonchev–Trinajstić information content (AvgIpc) is 3.92. The molecule has 11 nitrogen and oxygen atoms in total. The van der Waals surface area contributed by atoms with Crippen LogP contribution in [0.15, 0.2) is 29.3 Å². The van der Waals surface area contributed by atoms with E-state index in [1.54, 1.807) is 0 Å². The second kappa shape index (κ2) is 11.4. The number of fused-ring (bicyclic) bond motifs is 3. The lowest BCUT2D eigenvalue weighted by atomic mass is 9.72. The summed E-state index contributed by atoms with van der Waals surface area (Å²) in [6.45, 7) is 10.5. The molecule has 5 aliphatic rings. The van der Waals surface area contributed by atoms with Gasteiger partial charge in [0.2, 0.25) is 17.6 Å². The number of amides is 1. The van der Waals surface area contributed by atoms with Crippen LogP contribution in [0.4, 0.5) is 16.5 Å². The Morgan fingerprint density at radius 1 is 1.13 bits per heavy atom. The summed E-state index contributed by atoms with van der Waals surface area (Å²) in [4.78, 5) is 33.0. The fourth-order valence-corrected chi connectivity index (χ4v) is 9.97. The number of aromatic nitrogens is 3. The van der Waals surface area contributed by atoms with Crippen molar-refractivity contribution in [3.05, 3.63) is 46.7 Å². The van der Waals surface area contributed by atoms with Crippen LogP contribution in [0.5, 0.6) is 0 Å². The van der Waals surface area contributed by atoms with Gasteiger partial charge >= 0.3 is 0 Å². The number of pyridine rings is 1. The number of hydrogen-bond acceptors (Lipinski definition) is 11. The van der Waals surface area contributed by atoms with Crippen LogP contribution >= 0.6 is 11.3 Å². The lowest BCUT2D eigenvalue weighted by molar-refractivity contribution is -0.126. The highest BCUT2D eigenvalue weighted by Crippen LogP contribution is 2.49. The molecule has 1 unspecified atom stereocenters. The van der Waals surface area contributed by atoms with Gasteiger partial charge in [0.25, 0.3) is 0 Å². The first-order valence-corrected chi connectivity index (χ1v) is 17.5. The molecule has 2 bridgehead atoms. The Hall–Kier alpha value is -3.95. The molecule has 4 fully saturated rings. The van der Waals surface area contributed by atoms with Crippen molar-refractivity contribution < 1.29 is 9.32 Å². The molecule has 3 aliphatic heterocycles. The highest BCUT2D eigenvalue weighted by molar-refractivity contribution is 7.16. The molecule has 2 N–H and O–H groups in total. The molecular formula is C34H41N9O2S. The van der Waals surface area contributed by atoms with Gasteiger partial charge < -0.3 is 25.0 Å². The summed E-state index contributed by atoms with van der Waals surface area (Å²) in [5, 5.41) is 15.0. The largest absolute Gasteiger partial charge is 0.389 e. The number of nitrogens with zero attached hydrogens (tertiary/aromatic N) is 8. The van der Waals surface area contributed by atoms with Crippen LogP contribution in [0.1, 0.15) is 73.8 Å². The standard InChI is InChI=1S/C34H41N9O2S/c1-3-29(44)41-13-11-40(12-14-41)22-16-26(37-28(17-22)43-20-23-15-24(43)19-42(23)21-7-4-5-8-21)32-38-33(45-39-32)34(2)10-6-9-27-30(34)25(18-35)31(36)46-27/h3,16-17,21,23-24H,1,4-15,19-20,36H2,2H3/t23-,24-,34?/m0/s1. The van der Waals surface area contributed by atoms with Crippen molar-refractivity contribution in [3.8, 4) is 17.6 Å². The lowest BCUT2D eigenvalue weighted by Crippen LogP contribution is -2.50. The van der Waals surface area contributed by atoms with E-state index in [9.17, 15) is 10.1 Å². The smallest absolute Gasteiger partial charge is 0.246 e. The molecule has 3 saturated heterocycles. The van der Waals surface area contributed by atoms with Gasteiger partial charge in [-0.15, -0.1) is 11.3 Å². The van der Waals surface area contributed by atoms with Gasteiger partial charge in [0.05, 0.1) is 11.0 Å². The quantitative estimate of drug-likeness (QED) is 0.389. The molecule has 1 amide bonds. The summed E-state index contributed by atoms with van der Waals surface area (Å²) < 4.78 is 6.02. The molecule has 1 saturated carbocycles. The Kier molecular flexibility index (Phi) is 7.29. The number of nitrogen functional groups attached to an aromatic ring is 1. The maximum absolute atomic E-state index is 12.3. The van der Waals surface area contributed by atoms with Gasteiger partial charge in [-0.2, -0.15) is 10.2 Å². The maximum Gasteiger partial charge on any atom is 0.246 e. The van der Waals surface area contributed by atoms with Crippen LogP contribution in [0.2, 0.25) is 0 Å². The maximum atomic E-state index is 12.3. The Bertz CT molecular complexity index is 1710. The molecular weight excluding hydrogens is 599 g/mol.